The summed E-state index contributed by atoms with van der Waals surface area (Å²) in [6, 6.07) is 4.59. The van der Waals surface area contributed by atoms with Crippen LogP contribution < -0.4 is 5.32 Å². The third-order valence-electron chi connectivity index (χ3n) is 3.59. The number of unbranched alkanes of at least 4 members (excludes halogenated alkanes) is 6. The molecule has 1 heterocycles. The lowest BCUT2D eigenvalue weighted by Gasteiger charge is -2.14. The average molecular weight is 251 g/mol. The highest BCUT2D eigenvalue weighted by molar-refractivity contribution is 5.00. The summed E-state index contributed by atoms with van der Waals surface area (Å²) in [4.78, 5) is 0. The zero-order valence-electron chi connectivity index (χ0n) is 12.1. The van der Waals surface area contributed by atoms with Gasteiger partial charge in [-0.2, -0.15) is 0 Å². The van der Waals surface area contributed by atoms with E-state index in [2.05, 4.69) is 25.4 Å². The standard InChI is InChI=1S/C16H29NO/c1-3-4-5-6-7-8-9-11-15(17-2)14-16-12-10-13-18-16/h10,12-13,15,17H,3-9,11,14H2,1-2H3. The Morgan fingerprint density at radius 1 is 1.11 bits per heavy atom. The molecule has 0 radical (unpaired) electrons. The smallest absolute Gasteiger partial charge is 0.105 e. The van der Waals surface area contributed by atoms with Gasteiger partial charge in [-0.25, -0.2) is 0 Å². The van der Waals surface area contributed by atoms with Crippen molar-refractivity contribution in [3.05, 3.63) is 24.2 Å². The molecule has 1 atom stereocenters. The van der Waals surface area contributed by atoms with Gasteiger partial charge in [-0.1, -0.05) is 51.9 Å². The zero-order chi connectivity index (χ0) is 13.1. The monoisotopic (exact) mass is 251 g/mol. The number of hydrogen-bond acceptors (Lipinski definition) is 2. The first-order valence-corrected chi connectivity index (χ1v) is 7.56. The number of nitrogens with one attached hydrogen (secondary N) is 1. The lowest BCUT2D eigenvalue weighted by Crippen LogP contribution is -2.27. The molecule has 1 aromatic rings. The molecule has 2 nitrogen and oxygen atoms in total. The van der Waals surface area contributed by atoms with Crippen LogP contribution in [-0.2, 0) is 6.42 Å². The second-order valence-electron chi connectivity index (χ2n) is 5.18. The summed E-state index contributed by atoms with van der Waals surface area (Å²) in [7, 11) is 2.05. The SMILES string of the molecule is CCCCCCCCCC(Cc1ccco1)NC. The first-order chi connectivity index (χ1) is 8.86. The zero-order valence-corrected chi connectivity index (χ0v) is 12.1. The second-order valence-corrected chi connectivity index (χ2v) is 5.18. The molecule has 18 heavy (non-hydrogen) atoms. The fraction of sp³-hybridized carbons (Fsp3) is 0.750. The van der Waals surface area contributed by atoms with Gasteiger partial charge in [0.15, 0.2) is 0 Å². The van der Waals surface area contributed by atoms with Crippen LogP contribution in [0.3, 0.4) is 0 Å². The van der Waals surface area contributed by atoms with Crippen molar-refractivity contribution in [2.75, 3.05) is 7.05 Å². The van der Waals surface area contributed by atoms with Crippen LogP contribution >= 0.6 is 0 Å². The van der Waals surface area contributed by atoms with E-state index in [1.54, 1.807) is 6.26 Å². The summed E-state index contributed by atoms with van der Waals surface area (Å²) in [5.41, 5.74) is 0. The molecule has 0 aliphatic carbocycles. The lowest BCUT2D eigenvalue weighted by molar-refractivity contribution is 0.428. The molecule has 0 aromatic carbocycles. The molecule has 0 saturated heterocycles. The quantitative estimate of drug-likeness (QED) is 0.584. The van der Waals surface area contributed by atoms with Gasteiger partial charge >= 0.3 is 0 Å². The Morgan fingerprint density at radius 2 is 1.83 bits per heavy atom. The van der Waals surface area contributed by atoms with E-state index in [0.29, 0.717) is 6.04 Å². The molecule has 104 valence electrons. The molecule has 0 amide bonds. The van der Waals surface area contributed by atoms with Crippen LogP contribution in [0.2, 0.25) is 0 Å². The van der Waals surface area contributed by atoms with Crippen molar-refractivity contribution in [1.29, 1.82) is 0 Å². The van der Waals surface area contributed by atoms with Crippen LogP contribution in [0.5, 0.6) is 0 Å². The van der Waals surface area contributed by atoms with E-state index in [1.165, 1.54) is 51.4 Å². The number of rotatable bonds is 11. The molecule has 0 aliphatic heterocycles. The highest BCUT2D eigenvalue weighted by Crippen LogP contribution is 2.12. The van der Waals surface area contributed by atoms with E-state index in [0.717, 1.165) is 12.2 Å². The molecule has 0 bridgehead atoms. The molecule has 0 aliphatic rings. The van der Waals surface area contributed by atoms with E-state index in [-0.39, 0.29) is 0 Å². The maximum atomic E-state index is 5.40. The molecule has 0 spiro atoms. The fourth-order valence-electron chi connectivity index (χ4n) is 2.37. The molecule has 1 unspecified atom stereocenters. The minimum atomic E-state index is 0.562. The molecule has 0 saturated carbocycles. The van der Waals surface area contributed by atoms with Crippen molar-refractivity contribution < 1.29 is 4.42 Å². The lowest BCUT2D eigenvalue weighted by atomic mass is 10.0. The largest absolute Gasteiger partial charge is 0.469 e. The summed E-state index contributed by atoms with van der Waals surface area (Å²) in [5, 5.41) is 3.39. The van der Waals surface area contributed by atoms with Crippen molar-refractivity contribution in [2.24, 2.45) is 0 Å². The molecule has 2 heteroatoms. The van der Waals surface area contributed by atoms with Gasteiger partial charge in [-0.15, -0.1) is 0 Å². The van der Waals surface area contributed by atoms with Crippen molar-refractivity contribution in [2.45, 2.75) is 70.8 Å². The van der Waals surface area contributed by atoms with Crippen LogP contribution in [0.25, 0.3) is 0 Å². The van der Waals surface area contributed by atoms with Crippen molar-refractivity contribution in [1.82, 2.24) is 5.32 Å². The topological polar surface area (TPSA) is 25.2 Å². The summed E-state index contributed by atoms with van der Waals surface area (Å²) >= 11 is 0. The van der Waals surface area contributed by atoms with Crippen LogP contribution in [0.15, 0.2) is 22.8 Å². The summed E-state index contributed by atoms with van der Waals surface area (Å²) in [5.74, 6) is 1.09. The van der Waals surface area contributed by atoms with Gasteiger partial charge < -0.3 is 9.73 Å². The first-order valence-electron chi connectivity index (χ1n) is 7.56. The minimum absolute atomic E-state index is 0.562. The van der Waals surface area contributed by atoms with Gasteiger partial charge in [-0.05, 0) is 25.6 Å². The van der Waals surface area contributed by atoms with Crippen molar-refractivity contribution in [3.63, 3.8) is 0 Å². The first kappa shape index (κ1) is 15.3. The molecular weight excluding hydrogens is 222 g/mol. The van der Waals surface area contributed by atoms with Gasteiger partial charge in [0.05, 0.1) is 6.26 Å². The Balaban J connectivity index is 2.01. The summed E-state index contributed by atoms with van der Waals surface area (Å²) < 4.78 is 5.40. The van der Waals surface area contributed by atoms with E-state index in [1.807, 2.05) is 6.07 Å². The van der Waals surface area contributed by atoms with Crippen molar-refractivity contribution >= 4 is 0 Å². The second kappa shape index (κ2) is 10.2. The van der Waals surface area contributed by atoms with E-state index in [9.17, 15) is 0 Å². The Labute approximate surface area is 112 Å². The molecular formula is C16H29NO. The fourth-order valence-corrected chi connectivity index (χ4v) is 2.37. The third kappa shape index (κ3) is 6.85. The molecule has 1 aromatic heterocycles. The van der Waals surface area contributed by atoms with Gasteiger partial charge in [-0.3, -0.25) is 0 Å². The van der Waals surface area contributed by atoms with Crippen LogP contribution in [0, 0.1) is 0 Å². The number of hydrogen-bond donors (Lipinski definition) is 1. The van der Waals surface area contributed by atoms with E-state index < -0.39 is 0 Å². The summed E-state index contributed by atoms with van der Waals surface area (Å²) in [6.45, 7) is 2.27. The van der Waals surface area contributed by atoms with E-state index >= 15 is 0 Å². The molecule has 1 rings (SSSR count). The third-order valence-corrected chi connectivity index (χ3v) is 3.59. The van der Waals surface area contributed by atoms with Crippen LogP contribution in [0.4, 0.5) is 0 Å². The van der Waals surface area contributed by atoms with Gasteiger partial charge in [0.2, 0.25) is 0 Å². The number of likely N-dealkylation sites (N-methyl/N-ethyl adjacent to an activating group) is 1. The maximum Gasteiger partial charge on any atom is 0.105 e. The molecule has 1 N–H and O–H groups in total. The Morgan fingerprint density at radius 3 is 2.44 bits per heavy atom. The van der Waals surface area contributed by atoms with Gasteiger partial charge in [0, 0.05) is 12.5 Å². The molecule has 0 fully saturated rings. The summed E-state index contributed by atoms with van der Waals surface area (Å²) in [6.07, 6.45) is 13.7. The Bertz CT molecular complexity index is 269. The predicted octanol–water partition coefficient (Wildman–Crippen LogP) is 4.55. The maximum absolute atomic E-state index is 5.40. The van der Waals surface area contributed by atoms with Crippen molar-refractivity contribution in [3.8, 4) is 0 Å². The predicted molar refractivity (Wildman–Crippen MR) is 77.9 cm³/mol. The highest BCUT2D eigenvalue weighted by atomic mass is 16.3. The Hall–Kier alpha value is -0.760. The van der Waals surface area contributed by atoms with Crippen LogP contribution in [-0.4, -0.2) is 13.1 Å². The van der Waals surface area contributed by atoms with E-state index in [4.69, 9.17) is 4.42 Å². The Kier molecular flexibility index (Phi) is 8.66. The number of furan rings is 1. The van der Waals surface area contributed by atoms with Crippen LogP contribution in [0.1, 0.15) is 64.1 Å². The van der Waals surface area contributed by atoms with Gasteiger partial charge in [0.1, 0.15) is 5.76 Å². The normalized spacial score (nSPS) is 12.8. The average Bonchev–Trinajstić information content (AvgIpc) is 2.89. The van der Waals surface area contributed by atoms with Gasteiger partial charge in [0.25, 0.3) is 0 Å². The minimum Gasteiger partial charge on any atom is -0.469 e. The highest BCUT2D eigenvalue weighted by Gasteiger charge is 2.08.